The lowest BCUT2D eigenvalue weighted by Gasteiger charge is -2.45. The minimum absolute atomic E-state index is 0.00626. The van der Waals surface area contributed by atoms with Crippen molar-refractivity contribution in [1.82, 2.24) is 15.2 Å². The summed E-state index contributed by atoms with van der Waals surface area (Å²) in [5.41, 5.74) is 0.732. The number of rotatable bonds is 7. The van der Waals surface area contributed by atoms with Gasteiger partial charge in [0, 0.05) is 38.4 Å². The molecule has 1 aliphatic carbocycles. The van der Waals surface area contributed by atoms with Crippen LogP contribution in [0.3, 0.4) is 0 Å². The van der Waals surface area contributed by atoms with Gasteiger partial charge in [-0.15, -0.1) is 0 Å². The number of aromatic nitrogens is 1. The number of sulfonamides is 1. The van der Waals surface area contributed by atoms with E-state index in [4.69, 9.17) is 12.2 Å². The molecule has 0 spiro atoms. The zero-order valence-corrected chi connectivity index (χ0v) is 20.5. The molecule has 176 valence electrons. The highest BCUT2D eigenvalue weighted by Gasteiger charge is 2.45. The van der Waals surface area contributed by atoms with Gasteiger partial charge in [0.15, 0.2) is 0 Å². The summed E-state index contributed by atoms with van der Waals surface area (Å²) < 4.78 is 27.8. The van der Waals surface area contributed by atoms with Crippen LogP contribution < -0.4 is 5.32 Å². The molecule has 1 aromatic heterocycles. The Balaban J connectivity index is 1.72. The van der Waals surface area contributed by atoms with Crippen molar-refractivity contribution in [2.45, 2.75) is 42.4 Å². The Hall–Kier alpha value is -2.72. The second-order valence-electron chi connectivity index (χ2n) is 8.20. The molecule has 0 aliphatic heterocycles. The highest BCUT2D eigenvalue weighted by atomic mass is 32.2. The van der Waals surface area contributed by atoms with Gasteiger partial charge in [-0.3, -0.25) is 4.98 Å². The second kappa shape index (κ2) is 10.9. The SMILES string of the molecule is CNC(=S)C1(c2cccnc2)CCCCC1CCN(C)C(=O)N=NS(=O)(=O)c1ccccc1. The number of carbonyl (C=O) groups excluding carboxylic acids is 1. The lowest BCUT2D eigenvalue weighted by atomic mass is 9.61. The van der Waals surface area contributed by atoms with E-state index in [9.17, 15) is 13.2 Å². The van der Waals surface area contributed by atoms with Gasteiger partial charge in [0.2, 0.25) is 0 Å². The fourth-order valence-corrected chi connectivity index (χ4v) is 5.70. The highest BCUT2D eigenvalue weighted by molar-refractivity contribution is 7.90. The molecule has 0 radical (unpaired) electrons. The van der Waals surface area contributed by atoms with Gasteiger partial charge < -0.3 is 10.2 Å². The minimum atomic E-state index is -4.02. The summed E-state index contributed by atoms with van der Waals surface area (Å²) in [6.07, 6.45) is 8.36. The molecular formula is C23H29N5O3S2. The van der Waals surface area contributed by atoms with Crippen LogP contribution in [0.5, 0.6) is 0 Å². The molecular weight excluding hydrogens is 458 g/mol. The maximum absolute atomic E-state index is 12.5. The summed E-state index contributed by atoms with van der Waals surface area (Å²) in [5.74, 6) is 0.204. The Labute approximate surface area is 200 Å². The lowest BCUT2D eigenvalue weighted by molar-refractivity contribution is 0.195. The summed E-state index contributed by atoms with van der Waals surface area (Å²) >= 11 is 5.79. The zero-order valence-electron chi connectivity index (χ0n) is 18.8. The van der Waals surface area contributed by atoms with Gasteiger partial charge in [0.25, 0.3) is 10.0 Å². The number of amides is 2. The summed E-state index contributed by atoms with van der Waals surface area (Å²) in [6.45, 7) is 0.405. The van der Waals surface area contributed by atoms with E-state index in [1.165, 1.54) is 17.0 Å². The molecule has 33 heavy (non-hydrogen) atoms. The summed E-state index contributed by atoms with van der Waals surface area (Å²) in [4.78, 5) is 19.0. The van der Waals surface area contributed by atoms with Gasteiger partial charge >= 0.3 is 6.03 Å². The van der Waals surface area contributed by atoms with Crippen LogP contribution in [0.25, 0.3) is 0 Å². The van der Waals surface area contributed by atoms with Crippen LogP contribution in [0.1, 0.15) is 37.7 Å². The van der Waals surface area contributed by atoms with Gasteiger partial charge in [-0.2, -0.15) is 8.42 Å². The first-order valence-corrected chi connectivity index (χ1v) is 12.8. The maximum Gasteiger partial charge on any atom is 0.362 e. The van der Waals surface area contributed by atoms with Crippen molar-refractivity contribution < 1.29 is 13.2 Å². The van der Waals surface area contributed by atoms with E-state index in [1.807, 2.05) is 19.3 Å². The first-order chi connectivity index (χ1) is 15.8. The van der Waals surface area contributed by atoms with E-state index in [0.717, 1.165) is 36.2 Å². The third-order valence-electron chi connectivity index (χ3n) is 6.29. The van der Waals surface area contributed by atoms with Crippen molar-refractivity contribution in [2.75, 3.05) is 20.6 Å². The van der Waals surface area contributed by atoms with E-state index in [2.05, 4.69) is 26.0 Å². The third-order valence-corrected chi connectivity index (χ3v) is 8.03. The molecule has 1 heterocycles. The molecule has 1 N–H and O–H groups in total. The Morgan fingerprint density at radius 1 is 1.24 bits per heavy atom. The van der Waals surface area contributed by atoms with E-state index in [0.29, 0.717) is 13.0 Å². The molecule has 1 saturated carbocycles. The van der Waals surface area contributed by atoms with Crippen molar-refractivity contribution in [1.29, 1.82) is 0 Å². The van der Waals surface area contributed by atoms with Gasteiger partial charge in [-0.25, -0.2) is 4.79 Å². The number of pyridine rings is 1. The molecule has 1 aliphatic rings. The fourth-order valence-electron chi connectivity index (χ4n) is 4.55. The molecule has 8 nitrogen and oxygen atoms in total. The highest BCUT2D eigenvalue weighted by Crippen LogP contribution is 2.46. The van der Waals surface area contributed by atoms with Gasteiger partial charge in [0.1, 0.15) is 0 Å². The molecule has 10 heteroatoms. The van der Waals surface area contributed by atoms with Crippen molar-refractivity contribution in [2.24, 2.45) is 15.6 Å². The minimum Gasteiger partial charge on any atom is -0.382 e. The standard InChI is InChI=1S/C23H29N5O3S2/c1-24-21(32)23(19-10-8-15-25-17-19)14-7-6-9-18(23)13-16-28(2)22(29)26-27-33(30,31)20-11-4-3-5-12-20/h3-5,8,10-12,15,17-18H,6-7,9,13-14,16H2,1-2H3,(H,24,32). The van der Waals surface area contributed by atoms with Crippen LogP contribution in [0.2, 0.25) is 0 Å². The van der Waals surface area contributed by atoms with Gasteiger partial charge in [-0.1, -0.05) is 54.4 Å². The Morgan fingerprint density at radius 2 is 2.00 bits per heavy atom. The van der Waals surface area contributed by atoms with Crippen LogP contribution in [-0.2, 0) is 15.4 Å². The van der Waals surface area contributed by atoms with Gasteiger partial charge in [0.05, 0.1) is 9.88 Å². The molecule has 2 amide bonds. The van der Waals surface area contributed by atoms with Crippen LogP contribution >= 0.6 is 12.2 Å². The van der Waals surface area contributed by atoms with Crippen LogP contribution in [0, 0.1) is 5.92 Å². The molecule has 0 bridgehead atoms. The predicted molar refractivity (Wildman–Crippen MR) is 131 cm³/mol. The van der Waals surface area contributed by atoms with E-state index in [1.54, 1.807) is 31.4 Å². The van der Waals surface area contributed by atoms with Crippen molar-refractivity contribution in [3.05, 3.63) is 60.4 Å². The van der Waals surface area contributed by atoms with Crippen molar-refractivity contribution >= 4 is 33.3 Å². The van der Waals surface area contributed by atoms with Crippen LogP contribution in [-0.4, -0.2) is 50.0 Å². The Bertz CT molecular complexity index is 1090. The number of carbonyl (C=O) groups is 1. The summed E-state index contributed by atoms with van der Waals surface area (Å²) in [6, 6.07) is 11.0. The zero-order chi connectivity index (χ0) is 23.9. The maximum atomic E-state index is 12.5. The molecule has 1 aromatic carbocycles. The quantitative estimate of drug-likeness (QED) is 0.460. The number of hydrogen-bond acceptors (Lipinski definition) is 5. The molecule has 2 unspecified atom stereocenters. The number of nitrogens with one attached hydrogen (secondary N) is 1. The molecule has 2 aromatic rings. The first-order valence-electron chi connectivity index (χ1n) is 10.9. The Morgan fingerprint density at radius 3 is 2.67 bits per heavy atom. The van der Waals surface area contributed by atoms with Gasteiger partial charge in [-0.05, 0) is 53.5 Å². The predicted octanol–water partition coefficient (Wildman–Crippen LogP) is 4.34. The smallest absolute Gasteiger partial charge is 0.362 e. The number of hydrogen-bond donors (Lipinski definition) is 1. The Kier molecular flexibility index (Phi) is 8.25. The lowest BCUT2D eigenvalue weighted by Crippen LogP contribution is -2.50. The molecule has 1 fully saturated rings. The number of benzene rings is 1. The number of nitrogens with zero attached hydrogens (tertiary/aromatic N) is 4. The summed E-state index contributed by atoms with van der Waals surface area (Å²) in [5, 5.41) is 6.65. The first kappa shape index (κ1) is 24.9. The van der Waals surface area contributed by atoms with Crippen molar-refractivity contribution in [3.8, 4) is 0 Å². The average molecular weight is 488 g/mol. The normalized spacial score (nSPS) is 21.0. The van der Waals surface area contributed by atoms with E-state index in [-0.39, 0.29) is 16.2 Å². The topological polar surface area (TPSA) is 104 Å². The number of urea groups is 1. The third kappa shape index (κ3) is 5.62. The number of thiocarbonyl (C=S) groups is 1. The summed E-state index contributed by atoms with van der Waals surface area (Å²) in [7, 11) is -0.574. The number of likely N-dealkylation sites (N-methyl/N-ethyl adjacent to an activating group) is 1. The van der Waals surface area contributed by atoms with Crippen LogP contribution in [0.4, 0.5) is 4.79 Å². The largest absolute Gasteiger partial charge is 0.382 e. The molecule has 3 rings (SSSR count). The van der Waals surface area contributed by atoms with Crippen LogP contribution in [0.15, 0.2) is 69.4 Å². The monoisotopic (exact) mass is 487 g/mol. The fraction of sp³-hybridized carbons (Fsp3) is 0.435. The molecule has 0 saturated heterocycles. The van der Waals surface area contributed by atoms with E-state index >= 15 is 0 Å². The average Bonchev–Trinajstić information content (AvgIpc) is 2.86. The van der Waals surface area contributed by atoms with Crippen molar-refractivity contribution in [3.63, 3.8) is 0 Å². The second-order valence-corrected chi connectivity index (χ2v) is 10.2. The molecule has 2 atom stereocenters. The van der Waals surface area contributed by atoms with E-state index < -0.39 is 16.1 Å².